The molecule has 0 radical (unpaired) electrons. The summed E-state index contributed by atoms with van der Waals surface area (Å²) in [7, 11) is 4.10. The molecule has 0 aliphatic rings. The van der Waals surface area contributed by atoms with Crippen molar-refractivity contribution in [2.45, 2.75) is 45.1 Å². The number of hydrogen-bond acceptors (Lipinski definition) is 3. The fraction of sp³-hybridized carbons (Fsp3) is 0.917. The molecule has 0 rings (SSSR count). The summed E-state index contributed by atoms with van der Waals surface area (Å²) in [6, 6.07) is 0. The maximum atomic E-state index is 11.7. The van der Waals surface area contributed by atoms with Crippen LogP contribution in [0, 0.1) is 0 Å². The second-order valence-electron chi connectivity index (χ2n) is 4.93. The molecule has 0 aromatic heterocycles. The fourth-order valence-electron chi connectivity index (χ4n) is 1.59. The first-order chi connectivity index (χ1) is 7.40. The van der Waals surface area contributed by atoms with Crippen molar-refractivity contribution in [3.05, 3.63) is 0 Å². The van der Waals surface area contributed by atoms with E-state index in [1.165, 1.54) is 0 Å². The number of carbonyl (C=O) groups excluding carboxylic acids is 1. The summed E-state index contributed by atoms with van der Waals surface area (Å²) in [6.07, 6.45) is 3.77. The fourth-order valence-corrected chi connectivity index (χ4v) is 1.59. The third-order valence-electron chi connectivity index (χ3n) is 2.61. The molecule has 0 aromatic carbocycles. The van der Waals surface area contributed by atoms with Crippen LogP contribution in [0.5, 0.6) is 0 Å². The van der Waals surface area contributed by atoms with Gasteiger partial charge in [0.2, 0.25) is 5.91 Å². The molecule has 0 saturated heterocycles. The van der Waals surface area contributed by atoms with E-state index in [0.29, 0.717) is 0 Å². The zero-order chi connectivity index (χ0) is 12.6. The van der Waals surface area contributed by atoms with Crippen molar-refractivity contribution in [2.75, 3.05) is 27.2 Å². The normalized spacial score (nSPS) is 14.9. The predicted molar refractivity (Wildman–Crippen MR) is 68.3 cm³/mol. The molecular formula is C12H27N3O. The van der Waals surface area contributed by atoms with Gasteiger partial charge >= 0.3 is 0 Å². The van der Waals surface area contributed by atoms with Gasteiger partial charge in [0.25, 0.3) is 0 Å². The Morgan fingerprint density at radius 3 is 2.50 bits per heavy atom. The van der Waals surface area contributed by atoms with Crippen molar-refractivity contribution in [2.24, 2.45) is 5.73 Å². The molecule has 1 unspecified atom stereocenters. The van der Waals surface area contributed by atoms with Crippen molar-refractivity contribution in [3.8, 4) is 0 Å². The lowest BCUT2D eigenvalue weighted by atomic mass is 9.96. The van der Waals surface area contributed by atoms with Gasteiger partial charge < -0.3 is 16.0 Å². The van der Waals surface area contributed by atoms with Crippen LogP contribution in [-0.2, 0) is 4.79 Å². The summed E-state index contributed by atoms with van der Waals surface area (Å²) in [5, 5.41) is 2.90. The van der Waals surface area contributed by atoms with Gasteiger partial charge in [0, 0.05) is 6.54 Å². The van der Waals surface area contributed by atoms with Crippen LogP contribution in [0.1, 0.15) is 39.5 Å². The first kappa shape index (κ1) is 15.4. The Kier molecular flexibility index (Phi) is 7.34. The van der Waals surface area contributed by atoms with Crippen molar-refractivity contribution in [3.63, 3.8) is 0 Å². The van der Waals surface area contributed by atoms with E-state index in [2.05, 4.69) is 24.3 Å². The van der Waals surface area contributed by atoms with E-state index in [0.717, 1.165) is 38.8 Å². The lowest BCUT2D eigenvalue weighted by Gasteiger charge is -2.22. The number of nitrogens with one attached hydrogen (secondary N) is 1. The average molecular weight is 229 g/mol. The molecule has 1 atom stereocenters. The van der Waals surface area contributed by atoms with Crippen molar-refractivity contribution >= 4 is 5.91 Å². The third kappa shape index (κ3) is 6.80. The van der Waals surface area contributed by atoms with Gasteiger partial charge in [-0.2, -0.15) is 0 Å². The van der Waals surface area contributed by atoms with Gasteiger partial charge in [0.15, 0.2) is 0 Å². The molecule has 0 bridgehead atoms. The minimum absolute atomic E-state index is 0.0285. The Bertz CT molecular complexity index is 202. The lowest BCUT2D eigenvalue weighted by Crippen LogP contribution is -2.51. The largest absolute Gasteiger partial charge is 0.355 e. The van der Waals surface area contributed by atoms with Gasteiger partial charge in [-0.1, -0.05) is 13.3 Å². The van der Waals surface area contributed by atoms with Crippen molar-refractivity contribution in [1.29, 1.82) is 0 Å². The number of hydrogen-bond donors (Lipinski definition) is 2. The highest BCUT2D eigenvalue weighted by Gasteiger charge is 2.26. The zero-order valence-electron chi connectivity index (χ0n) is 11.2. The van der Waals surface area contributed by atoms with E-state index in [-0.39, 0.29) is 5.91 Å². The van der Waals surface area contributed by atoms with Crippen LogP contribution in [0.25, 0.3) is 0 Å². The Hall–Kier alpha value is -0.610. The first-order valence-corrected chi connectivity index (χ1v) is 6.12. The number of nitrogens with zero attached hydrogens (tertiary/aromatic N) is 1. The smallest absolute Gasteiger partial charge is 0.239 e. The van der Waals surface area contributed by atoms with Crippen LogP contribution in [0.3, 0.4) is 0 Å². The molecule has 96 valence electrons. The van der Waals surface area contributed by atoms with Crippen molar-refractivity contribution in [1.82, 2.24) is 10.2 Å². The summed E-state index contributed by atoms with van der Waals surface area (Å²) in [5.41, 5.74) is 5.20. The minimum Gasteiger partial charge on any atom is -0.355 e. The lowest BCUT2D eigenvalue weighted by molar-refractivity contribution is -0.126. The van der Waals surface area contributed by atoms with Gasteiger partial charge in [-0.3, -0.25) is 4.79 Å². The SMILES string of the molecule is CCCC(C)(N)C(=O)NCCCCN(C)C. The standard InChI is InChI=1S/C12H27N3O/c1-5-8-12(2,13)11(16)14-9-6-7-10-15(3)4/h5-10,13H2,1-4H3,(H,14,16). The second kappa shape index (κ2) is 7.63. The highest BCUT2D eigenvalue weighted by Crippen LogP contribution is 2.08. The predicted octanol–water partition coefficient (Wildman–Crippen LogP) is 0.962. The molecule has 4 nitrogen and oxygen atoms in total. The number of amides is 1. The van der Waals surface area contributed by atoms with Gasteiger partial charge in [-0.05, 0) is 46.8 Å². The maximum absolute atomic E-state index is 11.7. The molecule has 0 aliphatic carbocycles. The highest BCUT2D eigenvalue weighted by atomic mass is 16.2. The van der Waals surface area contributed by atoms with Crippen LogP contribution in [0.4, 0.5) is 0 Å². The molecule has 0 aliphatic heterocycles. The molecule has 3 N–H and O–H groups in total. The monoisotopic (exact) mass is 229 g/mol. The topological polar surface area (TPSA) is 58.4 Å². The number of rotatable bonds is 8. The van der Waals surface area contributed by atoms with Crippen LogP contribution >= 0.6 is 0 Å². The average Bonchev–Trinajstić information content (AvgIpc) is 2.16. The second-order valence-corrected chi connectivity index (χ2v) is 4.93. The summed E-state index contributed by atoms with van der Waals surface area (Å²) >= 11 is 0. The van der Waals surface area contributed by atoms with Crippen LogP contribution in [0.2, 0.25) is 0 Å². The van der Waals surface area contributed by atoms with Crippen molar-refractivity contribution < 1.29 is 4.79 Å². The Balaban J connectivity index is 3.65. The molecule has 0 saturated carbocycles. The summed E-state index contributed by atoms with van der Waals surface area (Å²) in [4.78, 5) is 13.9. The quantitative estimate of drug-likeness (QED) is 0.610. The molecule has 0 heterocycles. The van der Waals surface area contributed by atoms with E-state index < -0.39 is 5.54 Å². The molecule has 0 aromatic rings. The zero-order valence-corrected chi connectivity index (χ0v) is 11.2. The number of unbranched alkanes of at least 4 members (excludes halogenated alkanes) is 1. The summed E-state index contributed by atoms with van der Waals surface area (Å²) in [6.45, 7) is 5.62. The Morgan fingerprint density at radius 1 is 1.38 bits per heavy atom. The van der Waals surface area contributed by atoms with E-state index in [9.17, 15) is 4.79 Å². The minimum atomic E-state index is -0.712. The number of carbonyl (C=O) groups is 1. The maximum Gasteiger partial charge on any atom is 0.239 e. The molecular weight excluding hydrogens is 202 g/mol. The van der Waals surface area contributed by atoms with Gasteiger partial charge in [0.1, 0.15) is 0 Å². The highest BCUT2D eigenvalue weighted by molar-refractivity contribution is 5.85. The Labute approximate surface area is 99.6 Å². The molecule has 0 spiro atoms. The van der Waals surface area contributed by atoms with Crippen LogP contribution < -0.4 is 11.1 Å². The third-order valence-corrected chi connectivity index (χ3v) is 2.61. The molecule has 0 fully saturated rings. The van der Waals surface area contributed by atoms with Gasteiger partial charge in [-0.25, -0.2) is 0 Å². The van der Waals surface area contributed by atoms with Crippen LogP contribution in [-0.4, -0.2) is 43.5 Å². The summed E-state index contributed by atoms with van der Waals surface area (Å²) in [5.74, 6) is -0.0285. The van der Waals surface area contributed by atoms with Gasteiger partial charge in [-0.15, -0.1) is 0 Å². The Morgan fingerprint density at radius 2 is 2.00 bits per heavy atom. The van der Waals surface area contributed by atoms with Gasteiger partial charge in [0.05, 0.1) is 5.54 Å². The van der Waals surface area contributed by atoms with E-state index >= 15 is 0 Å². The molecule has 4 heteroatoms. The summed E-state index contributed by atoms with van der Waals surface area (Å²) < 4.78 is 0. The first-order valence-electron chi connectivity index (χ1n) is 6.12. The van der Waals surface area contributed by atoms with E-state index in [4.69, 9.17) is 5.73 Å². The van der Waals surface area contributed by atoms with Crippen LogP contribution in [0.15, 0.2) is 0 Å². The van der Waals surface area contributed by atoms with E-state index in [1.807, 2.05) is 6.92 Å². The number of nitrogens with two attached hydrogens (primary N) is 1. The van der Waals surface area contributed by atoms with E-state index in [1.54, 1.807) is 6.92 Å². The molecule has 16 heavy (non-hydrogen) atoms. The molecule has 1 amide bonds.